The van der Waals surface area contributed by atoms with Gasteiger partial charge in [-0.1, -0.05) is 82.2 Å². The first kappa shape index (κ1) is 38.5. The van der Waals surface area contributed by atoms with Crippen LogP contribution in [0.25, 0.3) is 33.4 Å². The standard InChI is InChI=1S/C28H25F2N5O2.C5H12.C4H8.C2H5N/c1-18-5-2-7-22-26(18)35(28(37)34(22)16-25(36)33-14-4-8-23(33)27(29)30)20-11-9-19(10-12-20)21-6-3-13-32-17-31-15-24(21)32;1-3-5-4-2;1-3-4-2;1-2-3/h2-3,5-7,9-13,15,17,23,27H,4,8,14,16H2,1H3;3-5H2,1-2H3;3-4H,1-2H3;2H,1,3H2/b;;4-3-;/t23-;;;/m0.../s1. The lowest BCUT2D eigenvalue weighted by atomic mass is 10.1. The van der Waals surface area contributed by atoms with Crippen LogP contribution in [0.15, 0.2) is 103 Å². The number of halogens is 2. The van der Waals surface area contributed by atoms with E-state index in [-0.39, 0.29) is 25.2 Å². The van der Waals surface area contributed by atoms with E-state index in [1.54, 1.807) is 23.2 Å². The molecular weight excluding hydrogens is 622 g/mol. The molecule has 1 fully saturated rings. The van der Waals surface area contributed by atoms with Crippen LogP contribution in [-0.4, -0.2) is 48.3 Å². The van der Waals surface area contributed by atoms with Crippen molar-refractivity contribution >= 4 is 22.5 Å². The van der Waals surface area contributed by atoms with Gasteiger partial charge in [0.15, 0.2) is 0 Å². The predicted molar refractivity (Wildman–Crippen MR) is 197 cm³/mol. The minimum atomic E-state index is -2.60. The summed E-state index contributed by atoms with van der Waals surface area (Å²) >= 11 is 0. The first-order valence-electron chi connectivity index (χ1n) is 16.9. The molecule has 0 spiro atoms. The average Bonchev–Trinajstić information content (AvgIpc) is 3.85. The zero-order valence-electron chi connectivity index (χ0n) is 29.4. The number of alkyl halides is 2. The van der Waals surface area contributed by atoms with E-state index < -0.39 is 18.4 Å². The van der Waals surface area contributed by atoms with Gasteiger partial charge >= 0.3 is 5.69 Å². The minimum absolute atomic E-state index is 0.276. The van der Waals surface area contributed by atoms with Crippen LogP contribution in [0.4, 0.5) is 8.78 Å². The lowest BCUT2D eigenvalue weighted by Crippen LogP contribution is -2.42. The third-order valence-corrected chi connectivity index (χ3v) is 8.29. The first-order chi connectivity index (χ1) is 23.7. The van der Waals surface area contributed by atoms with E-state index >= 15 is 0 Å². The minimum Gasteiger partial charge on any atom is -0.405 e. The van der Waals surface area contributed by atoms with Gasteiger partial charge in [-0.3, -0.25) is 13.9 Å². The third kappa shape index (κ3) is 9.34. The summed E-state index contributed by atoms with van der Waals surface area (Å²) in [5, 5.41) is 0. The smallest absolute Gasteiger partial charge is 0.334 e. The van der Waals surface area contributed by atoms with Gasteiger partial charge in [0.1, 0.15) is 6.54 Å². The molecule has 10 heteroatoms. The van der Waals surface area contributed by atoms with Gasteiger partial charge in [0.05, 0.1) is 40.8 Å². The van der Waals surface area contributed by atoms with Gasteiger partial charge in [0, 0.05) is 18.3 Å². The number of amides is 1. The van der Waals surface area contributed by atoms with E-state index in [0.717, 1.165) is 22.2 Å². The Morgan fingerprint density at radius 1 is 1.04 bits per heavy atom. The molecule has 0 saturated carbocycles. The number of benzene rings is 2. The van der Waals surface area contributed by atoms with Crippen LogP contribution in [0, 0.1) is 6.92 Å². The van der Waals surface area contributed by atoms with Crippen LogP contribution in [0.3, 0.4) is 0 Å². The molecular formula is C39H50F2N6O2. The number of aromatic nitrogens is 4. The van der Waals surface area contributed by atoms with Crippen LogP contribution < -0.4 is 11.4 Å². The normalized spacial score (nSPS) is 13.9. The van der Waals surface area contributed by atoms with Crippen molar-refractivity contribution in [1.82, 2.24) is 23.4 Å². The molecule has 6 rings (SSSR count). The number of hydrogen-bond acceptors (Lipinski definition) is 4. The number of nitrogens with zero attached hydrogens (tertiary/aromatic N) is 5. The van der Waals surface area contributed by atoms with Crippen molar-refractivity contribution in [3.05, 3.63) is 114 Å². The number of para-hydroxylation sites is 1. The Morgan fingerprint density at radius 3 is 2.31 bits per heavy atom. The Balaban J connectivity index is 0.000000472. The van der Waals surface area contributed by atoms with E-state index in [4.69, 9.17) is 0 Å². The Kier molecular flexibility index (Phi) is 15.0. The molecule has 1 saturated heterocycles. The molecule has 8 nitrogen and oxygen atoms in total. The number of allylic oxidation sites excluding steroid dienone is 2. The molecule has 1 atom stereocenters. The number of carbonyl (C=O) groups excluding carboxylic acids is 1. The summed E-state index contributed by atoms with van der Waals surface area (Å²) in [6.07, 6.45) is 13.0. The summed E-state index contributed by atoms with van der Waals surface area (Å²) in [6, 6.07) is 16.1. The third-order valence-electron chi connectivity index (χ3n) is 8.29. The van der Waals surface area contributed by atoms with Crippen LogP contribution in [0.5, 0.6) is 0 Å². The number of carbonyl (C=O) groups is 1. The van der Waals surface area contributed by atoms with Gasteiger partial charge in [-0.15, -0.1) is 0 Å². The molecule has 5 aromatic rings. The second-order valence-electron chi connectivity index (χ2n) is 11.7. The number of hydrogen-bond donors (Lipinski definition) is 1. The molecule has 2 N–H and O–H groups in total. The Bertz CT molecular complexity index is 1860. The lowest BCUT2D eigenvalue weighted by molar-refractivity contribution is -0.135. The van der Waals surface area contributed by atoms with Gasteiger partial charge in [-0.2, -0.15) is 0 Å². The fraction of sp³-hybridized carbons (Fsp3) is 0.359. The number of pyridine rings is 1. The van der Waals surface area contributed by atoms with Crippen LogP contribution in [0.1, 0.15) is 65.4 Å². The number of aryl methyl sites for hydroxylation is 1. The van der Waals surface area contributed by atoms with Crippen molar-refractivity contribution in [2.45, 2.75) is 85.7 Å². The molecule has 3 aromatic heterocycles. The molecule has 0 unspecified atom stereocenters. The largest absolute Gasteiger partial charge is 0.405 e. The zero-order valence-corrected chi connectivity index (χ0v) is 29.4. The van der Waals surface area contributed by atoms with Gasteiger partial charge in [0.25, 0.3) is 6.43 Å². The fourth-order valence-electron chi connectivity index (χ4n) is 5.79. The number of likely N-dealkylation sites (tertiary alicyclic amines) is 1. The summed E-state index contributed by atoms with van der Waals surface area (Å²) in [5.41, 5.74) is 10.0. The van der Waals surface area contributed by atoms with Gasteiger partial charge < -0.3 is 15.0 Å². The molecule has 4 heterocycles. The predicted octanol–water partition coefficient (Wildman–Crippen LogP) is 8.54. The topological polar surface area (TPSA) is 90.6 Å². The van der Waals surface area contributed by atoms with Crippen LogP contribution in [-0.2, 0) is 11.3 Å². The molecule has 0 bridgehead atoms. The van der Waals surface area contributed by atoms with Gasteiger partial charge in [0.2, 0.25) is 5.91 Å². The number of nitrogens with two attached hydrogens (primary N) is 1. The van der Waals surface area contributed by atoms with Crippen LogP contribution >= 0.6 is 0 Å². The van der Waals surface area contributed by atoms with Crippen molar-refractivity contribution < 1.29 is 13.6 Å². The van der Waals surface area contributed by atoms with Crippen molar-refractivity contribution in [2.75, 3.05) is 6.54 Å². The van der Waals surface area contributed by atoms with E-state index in [1.807, 2.05) is 92.1 Å². The summed E-state index contributed by atoms with van der Waals surface area (Å²) in [6.45, 7) is 13.5. The van der Waals surface area contributed by atoms with Crippen molar-refractivity contribution in [2.24, 2.45) is 5.73 Å². The maximum atomic E-state index is 13.7. The summed E-state index contributed by atoms with van der Waals surface area (Å²) in [7, 11) is 0. The summed E-state index contributed by atoms with van der Waals surface area (Å²) in [4.78, 5) is 32.2. The van der Waals surface area contributed by atoms with Gasteiger partial charge in [-0.25, -0.2) is 18.6 Å². The molecule has 0 aliphatic carbocycles. The summed E-state index contributed by atoms with van der Waals surface area (Å²) < 4.78 is 31.8. The van der Waals surface area contributed by atoms with E-state index in [2.05, 4.69) is 31.1 Å². The number of imidazole rings is 2. The average molecular weight is 673 g/mol. The van der Waals surface area contributed by atoms with E-state index in [0.29, 0.717) is 23.1 Å². The van der Waals surface area contributed by atoms with E-state index in [9.17, 15) is 18.4 Å². The van der Waals surface area contributed by atoms with E-state index in [1.165, 1.54) is 34.9 Å². The highest BCUT2D eigenvalue weighted by molar-refractivity contribution is 5.85. The van der Waals surface area contributed by atoms with Crippen molar-refractivity contribution in [3.63, 3.8) is 0 Å². The fourth-order valence-corrected chi connectivity index (χ4v) is 5.79. The first-order valence-corrected chi connectivity index (χ1v) is 16.9. The number of rotatable bonds is 7. The molecule has 1 amide bonds. The van der Waals surface area contributed by atoms with Crippen LogP contribution in [0.2, 0.25) is 0 Å². The van der Waals surface area contributed by atoms with Gasteiger partial charge in [-0.05, 0) is 75.2 Å². The summed E-state index contributed by atoms with van der Waals surface area (Å²) in [5.74, 6) is -0.463. The maximum absolute atomic E-state index is 13.7. The lowest BCUT2D eigenvalue weighted by Gasteiger charge is -2.24. The van der Waals surface area contributed by atoms with Crippen molar-refractivity contribution in [1.29, 1.82) is 0 Å². The molecule has 0 radical (unpaired) electrons. The Morgan fingerprint density at radius 2 is 1.71 bits per heavy atom. The molecule has 1 aliphatic heterocycles. The number of fused-ring (bicyclic) bond motifs is 2. The Hall–Kier alpha value is -4.99. The molecule has 2 aromatic carbocycles. The Labute approximate surface area is 288 Å². The molecule has 262 valence electrons. The molecule has 49 heavy (non-hydrogen) atoms. The highest BCUT2D eigenvalue weighted by atomic mass is 19.3. The highest BCUT2D eigenvalue weighted by Gasteiger charge is 2.35. The number of unbranched alkanes of at least 4 members (excludes halogenated alkanes) is 2. The maximum Gasteiger partial charge on any atom is 0.334 e. The highest BCUT2D eigenvalue weighted by Crippen LogP contribution is 2.28. The second-order valence-corrected chi connectivity index (χ2v) is 11.7. The zero-order chi connectivity index (χ0) is 35.9. The molecule has 1 aliphatic rings. The second kappa shape index (κ2) is 19.1. The quantitative estimate of drug-likeness (QED) is 0.176. The SMILES string of the molecule is C/C=C\C.C=CN.CCCCC.Cc1cccc2c1n(-c1ccc(-c3cccn4cncc34)cc1)c(=O)n2CC(=O)N1CCC[C@H]1C(F)F. The monoisotopic (exact) mass is 672 g/mol. The van der Waals surface area contributed by atoms with Crippen molar-refractivity contribution in [3.8, 4) is 16.8 Å².